The van der Waals surface area contributed by atoms with Gasteiger partial charge in [-0.05, 0) is 31.0 Å². The molecule has 1 heterocycles. The minimum atomic E-state index is -1.04. The highest BCUT2D eigenvalue weighted by atomic mass is 16.4. The van der Waals surface area contributed by atoms with E-state index in [1.54, 1.807) is 31.6 Å². The van der Waals surface area contributed by atoms with E-state index >= 15 is 0 Å². The van der Waals surface area contributed by atoms with Gasteiger partial charge in [-0.3, -0.25) is 4.68 Å². The van der Waals surface area contributed by atoms with Crippen LogP contribution in [0, 0.1) is 0 Å². The number of carboxylic acid groups (broad SMARTS) is 1. The molecule has 0 saturated heterocycles. The van der Waals surface area contributed by atoms with Crippen LogP contribution in [0.2, 0.25) is 0 Å². The maximum Gasteiger partial charge on any atom is 0.356 e. The lowest BCUT2D eigenvalue weighted by Crippen LogP contribution is -2.21. The highest BCUT2D eigenvalue weighted by molar-refractivity contribution is 5.87. The Morgan fingerprint density at radius 1 is 1.30 bits per heavy atom. The molecule has 2 N–H and O–H groups in total. The van der Waals surface area contributed by atoms with E-state index in [0.29, 0.717) is 6.42 Å². The van der Waals surface area contributed by atoms with E-state index < -0.39 is 11.6 Å². The maximum absolute atomic E-state index is 10.9. The summed E-state index contributed by atoms with van der Waals surface area (Å²) < 4.78 is 1.55. The average molecular weight is 274 g/mol. The van der Waals surface area contributed by atoms with Gasteiger partial charge in [0.2, 0.25) is 0 Å². The van der Waals surface area contributed by atoms with Crippen molar-refractivity contribution in [2.45, 2.75) is 25.9 Å². The van der Waals surface area contributed by atoms with Crippen molar-refractivity contribution in [3.05, 3.63) is 41.6 Å². The van der Waals surface area contributed by atoms with E-state index in [1.165, 1.54) is 0 Å². The van der Waals surface area contributed by atoms with E-state index in [2.05, 4.69) is 5.10 Å². The Bertz CT molecular complexity index is 622. The van der Waals surface area contributed by atoms with Crippen molar-refractivity contribution in [2.75, 3.05) is 0 Å². The number of aliphatic hydroxyl groups is 1. The van der Waals surface area contributed by atoms with Crippen LogP contribution in [0.4, 0.5) is 0 Å². The Balaban J connectivity index is 2.28. The zero-order valence-corrected chi connectivity index (χ0v) is 11.8. The molecular formula is C15H18N2O3. The van der Waals surface area contributed by atoms with E-state index in [4.69, 9.17) is 5.11 Å². The molecule has 5 heteroatoms. The number of aryl methyl sites for hydroxylation is 1. The van der Waals surface area contributed by atoms with Crippen LogP contribution < -0.4 is 0 Å². The van der Waals surface area contributed by atoms with Crippen LogP contribution in [0.1, 0.15) is 29.9 Å². The number of hydrogen-bond acceptors (Lipinski definition) is 3. The van der Waals surface area contributed by atoms with E-state index in [9.17, 15) is 9.90 Å². The molecule has 20 heavy (non-hydrogen) atoms. The normalized spacial score (nSPS) is 11.6. The van der Waals surface area contributed by atoms with Crippen LogP contribution in [0.5, 0.6) is 0 Å². The summed E-state index contributed by atoms with van der Waals surface area (Å²) >= 11 is 0. The summed E-state index contributed by atoms with van der Waals surface area (Å²) in [6, 6.07) is 9.22. The van der Waals surface area contributed by atoms with Gasteiger partial charge in [0.05, 0.1) is 11.3 Å². The fraction of sp³-hybridized carbons (Fsp3) is 0.333. The number of nitrogens with zero attached hydrogens (tertiary/aromatic N) is 2. The lowest BCUT2D eigenvalue weighted by Gasteiger charge is -2.17. The van der Waals surface area contributed by atoms with E-state index in [1.807, 2.05) is 24.3 Å². The third-order valence-corrected chi connectivity index (χ3v) is 2.99. The number of aromatic nitrogens is 2. The molecule has 0 amide bonds. The molecule has 0 aliphatic rings. The molecule has 1 aromatic carbocycles. The van der Waals surface area contributed by atoms with Crippen molar-refractivity contribution in [1.82, 2.24) is 9.78 Å². The zero-order chi connectivity index (χ0) is 14.9. The van der Waals surface area contributed by atoms with Gasteiger partial charge in [0.25, 0.3) is 0 Å². The number of rotatable bonds is 4. The Morgan fingerprint density at radius 3 is 2.35 bits per heavy atom. The quantitative estimate of drug-likeness (QED) is 0.895. The van der Waals surface area contributed by atoms with Gasteiger partial charge in [0.15, 0.2) is 5.69 Å². The zero-order valence-electron chi connectivity index (χ0n) is 11.8. The summed E-state index contributed by atoms with van der Waals surface area (Å²) in [7, 11) is 1.71. The standard InChI is InChI=1S/C15H18N2O3/c1-15(2,20)9-10-4-6-11(7-5-10)13-8-12(14(18)19)16-17(13)3/h4-8,20H,9H2,1-3H3,(H,18,19). The Labute approximate surface area is 117 Å². The highest BCUT2D eigenvalue weighted by Gasteiger charge is 2.15. The van der Waals surface area contributed by atoms with Crippen LogP contribution in [0.15, 0.2) is 30.3 Å². The molecule has 0 fully saturated rings. The van der Waals surface area contributed by atoms with Crippen LogP contribution in [-0.4, -0.2) is 31.6 Å². The first-order valence-electron chi connectivity index (χ1n) is 6.35. The van der Waals surface area contributed by atoms with Crippen LogP contribution in [0.3, 0.4) is 0 Å². The van der Waals surface area contributed by atoms with Crippen LogP contribution in [0.25, 0.3) is 11.3 Å². The highest BCUT2D eigenvalue weighted by Crippen LogP contribution is 2.22. The lowest BCUT2D eigenvalue weighted by atomic mass is 9.97. The predicted molar refractivity (Wildman–Crippen MR) is 75.6 cm³/mol. The second kappa shape index (κ2) is 5.09. The fourth-order valence-electron chi connectivity index (χ4n) is 2.13. The molecule has 2 rings (SSSR count). The third kappa shape index (κ3) is 3.24. The number of carbonyl (C=O) groups is 1. The topological polar surface area (TPSA) is 75.4 Å². The third-order valence-electron chi connectivity index (χ3n) is 2.99. The molecule has 2 aromatic rings. The van der Waals surface area contributed by atoms with Crippen molar-refractivity contribution in [1.29, 1.82) is 0 Å². The molecule has 0 bridgehead atoms. The number of aromatic carboxylic acids is 1. The Kier molecular flexibility index (Phi) is 3.63. The molecule has 0 radical (unpaired) electrons. The van der Waals surface area contributed by atoms with Gasteiger partial charge in [-0.1, -0.05) is 24.3 Å². The lowest BCUT2D eigenvalue weighted by molar-refractivity contribution is 0.0689. The van der Waals surface area contributed by atoms with Gasteiger partial charge in [0.1, 0.15) is 0 Å². The summed E-state index contributed by atoms with van der Waals surface area (Å²) in [5.74, 6) is -1.04. The number of carboxylic acids is 1. The molecule has 0 atom stereocenters. The van der Waals surface area contributed by atoms with Crippen LogP contribution in [-0.2, 0) is 13.5 Å². The van der Waals surface area contributed by atoms with Gasteiger partial charge >= 0.3 is 5.97 Å². The van der Waals surface area contributed by atoms with Crippen LogP contribution >= 0.6 is 0 Å². The second-order valence-electron chi connectivity index (χ2n) is 5.53. The molecule has 0 unspecified atom stereocenters. The summed E-state index contributed by atoms with van der Waals surface area (Å²) in [5, 5.41) is 22.7. The van der Waals surface area contributed by atoms with Gasteiger partial charge in [-0.2, -0.15) is 5.10 Å². The monoisotopic (exact) mass is 274 g/mol. The molecular weight excluding hydrogens is 256 g/mol. The summed E-state index contributed by atoms with van der Waals surface area (Å²) in [6.07, 6.45) is 0.568. The number of benzene rings is 1. The largest absolute Gasteiger partial charge is 0.476 e. The molecule has 1 aromatic heterocycles. The molecule has 5 nitrogen and oxygen atoms in total. The second-order valence-corrected chi connectivity index (χ2v) is 5.53. The van der Waals surface area contributed by atoms with Crippen molar-refractivity contribution in [2.24, 2.45) is 7.05 Å². The number of hydrogen-bond donors (Lipinski definition) is 2. The molecule has 0 aliphatic heterocycles. The smallest absolute Gasteiger partial charge is 0.356 e. The summed E-state index contributed by atoms with van der Waals surface area (Å²) in [5.41, 5.74) is 1.96. The van der Waals surface area contributed by atoms with Crippen molar-refractivity contribution in [3.8, 4) is 11.3 Å². The first-order valence-corrected chi connectivity index (χ1v) is 6.35. The predicted octanol–water partition coefficient (Wildman–Crippen LogP) is 2.10. The molecule has 0 spiro atoms. The van der Waals surface area contributed by atoms with Gasteiger partial charge in [0, 0.05) is 13.5 Å². The van der Waals surface area contributed by atoms with Crippen molar-refractivity contribution >= 4 is 5.97 Å². The molecule has 0 saturated carbocycles. The Hall–Kier alpha value is -2.14. The molecule has 0 aliphatic carbocycles. The summed E-state index contributed by atoms with van der Waals surface area (Å²) in [4.78, 5) is 10.9. The van der Waals surface area contributed by atoms with E-state index in [0.717, 1.165) is 16.8 Å². The van der Waals surface area contributed by atoms with Gasteiger partial charge in [-0.15, -0.1) is 0 Å². The van der Waals surface area contributed by atoms with Crippen molar-refractivity contribution < 1.29 is 15.0 Å². The van der Waals surface area contributed by atoms with Gasteiger partial charge < -0.3 is 10.2 Å². The van der Waals surface area contributed by atoms with E-state index in [-0.39, 0.29) is 5.69 Å². The van der Waals surface area contributed by atoms with Gasteiger partial charge in [-0.25, -0.2) is 4.79 Å². The fourth-order valence-corrected chi connectivity index (χ4v) is 2.13. The first kappa shape index (κ1) is 14.3. The Morgan fingerprint density at radius 2 is 1.90 bits per heavy atom. The molecule has 106 valence electrons. The first-order chi connectivity index (χ1) is 9.26. The van der Waals surface area contributed by atoms with Crippen molar-refractivity contribution in [3.63, 3.8) is 0 Å². The SMILES string of the molecule is Cn1nc(C(=O)O)cc1-c1ccc(CC(C)(C)O)cc1. The average Bonchev–Trinajstić information content (AvgIpc) is 2.70. The summed E-state index contributed by atoms with van der Waals surface area (Å²) in [6.45, 7) is 3.53. The maximum atomic E-state index is 10.9. The minimum Gasteiger partial charge on any atom is -0.476 e. The minimum absolute atomic E-state index is 0.0306.